The number of hydrogen-bond acceptors (Lipinski definition) is 4. The van der Waals surface area contributed by atoms with Gasteiger partial charge in [-0.3, -0.25) is 9.48 Å². The molecule has 0 spiro atoms. The van der Waals surface area contributed by atoms with Crippen molar-refractivity contribution in [1.82, 2.24) is 19.7 Å². The zero-order valence-electron chi connectivity index (χ0n) is 11.5. The fraction of sp³-hybridized carbons (Fsp3) is 0.500. The largest absolute Gasteiger partial charge is 0.331 e. The molecule has 3 heterocycles. The summed E-state index contributed by atoms with van der Waals surface area (Å²) in [4.78, 5) is 19.1. The second kappa shape index (κ2) is 5.75. The minimum Gasteiger partial charge on any atom is -0.331 e. The molecule has 0 unspecified atom stereocenters. The van der Waals surface area contributed by atoms with Crippen molar-refractivity contribution in [2.24, 2.45) is 0 Å². The maximum atomic E-state index is 12.7. The SMILES string of the molecule is C[C@@H](C(=O)N1CCCC[C@@H]1c1nccs1)n1cccn1. The summed E-state index contributed by atoms with van der Waals surface area (Å²) >= 11 is 1.63. The zero-order chi connectivity index (χ0) is 13.9. The molecule has 0 bridgehead atoms. The molecule has 0 N–H and O–H groups in total. The van der Waals surface area contributed by atoms with Gasteiger partial charge in [-0.25, -0.2) is 4.98 Å². The van der Waals surface area contributed by atoms with E-state index in [1.165, 1.54) is 0 Å². The number of carbonyl (C=O) groups excluding carboxylic acids is 1. The molecule has 1 fully saturated rings. The fourth-order valence-electron chi connectivity index (χ4n) is 2.71. The molecule has 1 aliphatic rings. The Morgan fingerprint density at radius 3 is 3.05 bits per heavy atom. The van der Waals surface area contributed by atoms with E-state index in [9.17, 15) is 4.79 Å². The summed E-state index contributed by atoms with van der Waals surface area (Å²) in [7, 11) is 0. The molecule has 6 heteroatoms. The van der Waals surface area contributed by atoms with Gasteiger partial charge < -0.3 is 4.90 Å². The van der Waals surface area contributed by atoms with Crippen LogP contribution >= 0.6 is 11.3 Å². The number of thiazole rings is 1. The lowest BCUT2D eigenvalue weighted by Crippen LogP contribution is -2.42. The van der Waals surface area contributed by atoms with E-state index >= 15 is 0 Å². The van der Waals surface area contributed by atoms with Gasteiger partial charge in [-0.05, 0) is 32.3 Å². The Kier molecular flexibility index (Phi) is 3.82. The second-order valence-electron chi connectivity index (χ2n) is 5.08. The van der Waals surface area contributed by atoms with Crippen molar-refractivity contribution in [3.8, 4) is 0 Å². The number of carbonyl (C=O) groups is 1. The lowest BCUT2D eigenvalue weighted by molar-refractivity contribution is -0.138. The molecule has 1 amide bonds. The van der Waals surface area contributed by atoms with Crippen molar-refractivity contribution < 1.29 is 4.79 Å². The fourth-order valence-corrected chi connectivity index (χ4v) is 3.50. The van der Waals surface area contributed by atoms with Crippen LogP contribution in [0.15, 0.2) is 30.0 Å². The summed E-state index contributed by atoms with van der Waals surface area (Å²) < 4.78 is 1.72. The number of likely N-dealkylation sites (tertiary alicyclic amines) is 1. The summed E-state index contributed by atoms with van der Waals surface area (Å²) in [6.45, 7) is 2.72. The molecule has 0 saturated carbocycles. The highest BCUT2D eigenvalue weighted by atomic mass is 32.1. The molecule has 5 nitrogen and oxygen atoms in total. The van der Waals surface area contributed by atoms with Gasteiger partial charge >= 0.3 is 0 Å². The molecule has 0 aromatic carbocycles. The Morgan fingerprint density at radius 2 is 2.35 bits per heavy atom. The van der Waals surface area contributed by atoms with E-state index in [2.05, 4.69) is 10.1 Å². The lowest BCUT2D eigenvalue weighted by atomic mass is 10.0. The molecule has 2 atom stereocenters. The van der Waals surface area contributed by atoms with Crippen molar-refractivity contribution in [3.63, 3.8) is 0 Å². The van der Waals surface area contributed by atoms with Gasteiger partial charge in [0.05, 0.1) is 6.04 Å². The average molecular weight is 290 g/mol. The number of hydrogen-bond donors (Lipinski definition) is 0. The number of nitrogens with zero attached hydrogens (tertiary/aromatic N) is 4. The normalized spacial score (nSPS) is 20.9. The molecule has 106 valence electrons. The van der Waals surface area contributed by atoms with E-state index in [0.717, 1.165) is 30.8 Å². The van der Waals surface area contributed by atoms with Crippen LogP contribution in [0.2, 0.25) is 0 Å². The van der Waals surface area contributed by atoms with Gasteiger partial charge in [0, 0.05) is 30.5 Å². The number of amides is 1. The highest BCUT2D eigenvalue weighted by molar-refractivity contribution is 7.09. The summed E-state index contributed by atoms with van der Waals surface area (Å²) in [5.74, 6) is 0.133. The maximum absolute atomic E-state index is 12.7. The van der Waals surface area contributed by atoms with E-state index in [1.807, 2.05) is 35.7 Å². The van der Waals surface area contributed by atoms with Gasteiger partial charge in [0.15, 0.2) is 0 Å². The molecule has 20 heavy (non-hydrogen) atoms. The summed E-state index contributed by atoms with van der Waals surface area (Å²) in [6, 6.07) is 1.72. The van der Waals surface area contributed by atoms with E-state index in [1.54, 1.807) is 22.2 Å². The summed E-state index contributed by atoms with van der Waals surface area (Å²) in [5.41, 5.74) is 0. The van der Waals surface area contributed by atoms with E-state index in [0.29, 0.717) is 0 Å². The first kappa shape index (κ1) is 13.3. The quantitative estimate of drug-likeness (QED) is 0.873. The first-order chi connectivity index (χ1) is 9.77. The van der Waals surface area contributed by atoms with Crippen molar-refractivity contribution in [1.29, 1.82) is 0 Å². The molecule has 1 aliphatic heterocycles. The Balaban J connectivity index is 1.81. The van der Waals surface area contributed by atoms with Crippen LogP contribution in [-0.2, 0) is 4.79 Å². The minimum atomic E-state index is -0.259. The Labute approximate surface area is 122 Å². The Hall–Kier alpha value is -1.69. The molecule has 1 saturated heterocycles. The van der Waals surface area contributed by atoms with E-state index in [4.69, 9.17) is 0 Å². The van der Waals surface area contributed by atoms with Gasteiger partial charge in [0.2, 0.25) is 5.91 Å². The predicted octanol–water partition coefficient (Wildman–Crippen LogP) is 2.65. The average Bonchev–Trinajstić information content (AvgIpc) is 3.18. The number of aromatic nitrogens is 3. The van der Waals surface area contributed by atoms with Crippen LogP contribution in [0, 0.1) is 0 Å². The van der Waals surface area contributed by atoms with Crippen molar-refractivity contribution in [2.75, 3.05) is 6.54 Å². The van der Waals surface area contributed by atoms with Crippen LogP contribution in [0.5, 0.6) is 0 Å². The molecule has 2 aromatic heterocycles. The first-order valence-corrected chi connectivity index (χ1v) is 7.84. The minimum absolute atomic E-state index is 0.133. The first-order valence-electron chi connectivity index (χ1n) is 6.96. The summed E-state index contributed by atoms with van der Waals surface area (Å²) in [6.07, 6.45) is 8.59. The Bertz CT molecular complexity index is 552. The molecular weight excluding hydrogens is 272 g/mol. The lowest BCUT2D eigenvalue weighted by Gasteiger charge is -2.36. The zero-order valence-corrected chi connectivity index (χ0v) is 12.3. The third-order valence-corrected chi connectivity index (χ3v) is 4.68. The molecule has 0 aliphatic carbocycles. The third kappa shape index (κ3) is 2.47. The van der Waals surface area contributed by atoms with Crippen LogP contribution in [0.3, 0.4) is 0 Å². The van der Waals surface area contributed by atoms with Gasteiger partial charge in [0.25, 0.3) is 0 Å². The molecular formula is C14H18N4OS. The monoisotopic (exact) mass is 290 g/mol. The third-order valence-electron chi connectivity index (χ3n) is 3.80. The standard InChI is InChI=1S/C14H18N4OS/c1-11(18-9-4-6-16-18)14(19)17-8-3-2-5-12(17)13-15-7-10-20-13/h4,6-7,9-12H,2-3,5,8H2,1H3/t11-,12+/m0/s1. The highest BCUT2D eigenvalue weighted by Crippen LogP contribution is 2.33. The van der Waals surface area contributed by atoms with Crippen molar-refractivity contribution in [3.05, 3.63) is 35.0 Å². The molecule has 2 aromatic rings. The predicted molar refractivity (Wildman–Crippen MR) is 77.4 cm³/mol. The smallest absolute Gasteiger partial charge is 0.247 e. The van der Waals surface area contributed by atoms with Crippen molar-refractivity contribution >= 4 is 17.2 Å². The topological polar surface area (TPSA) is 51.0 Å². The molecule has 3 rings (SSSR count). The van der Waals surface area contributed by atoms with E-state index < -0.39 is 0 Å². The van der Waals surface area contributed by atoms with E-state index in [-0.39, 0.29) is 18.0 Å². The van der Waals surface area contributed by atoms with Crippen LogP contribution in [0.25, 0.3) is 0 Å². The maximum Gasteiger partial charge on any atom is 0.247 e. The van der Waals surface area contributed by atoms with Crippen LogP contribution in [0.1, 0.15) is 43.3 Å². The Morgan fingerprint density at radius 1 is 1.45 bits per heavy atom. The van der Waals surface area contributed by atoms with Crippen molar-refractivity contribution in [2.45, 2.75) is 38.3 Å². The van der Waals surface area contributed by atoms with Crippen LogP contribution in [0.4, 0.5) is 0 Å². The van der Waals surface area contributed by atoms with Gasteiger partial charge in [-0.1, -0.05) is 0 Å². The number of rotatable bonds is 3. The number of piperidine rings is 1. The van der Waals surface area contributed by atoms with Crippen LogP contribution < -0.4 is 0 Å². The second-order valence-corrected chi connectivity index (χ2v) is 6.00. The summed E-state index contributed by atoms with van der Waals surface area (Å²) in [5, 5.41) is 7.20. The van der Waals surface area contributed by atoms with Crippen LogP contribution in [-0.4, -0.2) is 32.1 Å². The van der Waals surface area contributed by atoms with Gasteiger partial charge in [-0.2, -0.15) is 5.10 Å². The van der Waals surface area contributed by atoms with Gasteiger partial charge in [-0.15, -0.1) is 11.3 Å². The highest BCUT2D eigenvalue weighted by Gasteiger charge is 2.32. The van der Waals surface area contributed by atoms with Gasteiger partial charge in [0.1, 0.15) is 11.0 Å². The molecule has 0 radical (unpaired) electrons.